The smallest absolute Gasteiger partial charge is 0.223 e. The third kappa shape index (κ3) is 2.77. The third-order valence-corrected chi connectivity index (χ3v) is 4.62. The lowest BCUT2D eigenvalue weighted by molar-refractivity contribution is 0.386. The maximum atomic E-state index is 6.11. The topological polar surface area (TPSA) is 84.3 Å². The van der Waals surface area contributed by atoms with Gasteiger partial charge in [0.1, 0.15) is 11.6 Å². The summed E-state index contributed by atoms with van der Waals surface area (Å²) in [6, 6.07) is 0. The Morgan fingerprint density at radius 1 is 1.10 bits per heavy atom. The number of nitrogens with zero attached hydrogens (tertiary/aromatic N) is 4. The Morgan fingerprint density at radius 2 is 1.71 bits per heavy atom. The minimum atomic E-state index is 0.282. The molecule has 0 amide bonds. The molecule has 1 aromatic rings. The second-order valence-electron chi connectivity index (χ2n) is 7.01. The van der Waals surface area contributed by atoms with Crippen LogP contribution in [-0.2, 0) is 6.42 Å². The third-order valence-electron chi connectivity index (χ3n) is 4.62. The van der Waals surface area contributed by atoms with E-state index in [2.05, 4.69) is 40.7 Å². The monoisotopic (exact) mass is 290 g/mol. The summed E-state index contributed by atoms with van der Waals surface area (Å²) in [5, 5.41) is 0. The van der Waals surface area contributed by atoms with E-state index < -0.39 is 0 Å². The number of rotatable bonds is 3. The molecule has 1 aromatic heterocycles. The van der Waals surface area contributed by atoms with Crippen molar-refractivity contribution in [3.63, 3.8) is 0 Å². The van der Waals surface area contributed by atoms with E-state index in [4.69, 9.17) is 11.5 Å². The summed E-state index contributed by atoms with van der Waals surface area (Å²) >= 11 is 0. The highest BCUT2D eigenvalue weighted by Gasteiger charge is 2.39. The molecule has 3 heterocycles. The molecule has 2 atom stereocenters. The first-order valence-corrected chi connectivity index (χ1v) is 7.79. The van der Waals surface area contributed by atoms with Crippen molar-refractivity contribution < 1.29 is 0 Å². The van der Waals surface area contributed by atoms with Crippen LogP contribution in [0.4, 0.5) is 17.6 Å². The second-order valence-corrected chi connectivity index (χ2v) is 7.01. The number of nitrogen functional groups attached to an aromatic ring is 2. The van der Waals surface area contributed by atoms with E-state index in [0.29, 0.717) is 11.7 Å². The van der Waals surface area contributed by atoms with Gasteiger partial charge in [-0.1, -0.05) is 13.8 Å². The molecule has 116 valence electrons. The summed E-state index contributed by atoms with van der Waals surface area (Å²) in [5.74, 6) is 3.78. The van der Waals surface area contributed by atoms with Crippen molar-refractivity contribution in [1.29, 1.82) is 0 Å². The van der Waals surface area contributed by atoms with Crippen molar-refractivity contribution in [2.45, 2.75) is 20.3 Å². The van der Waals surface area contributed by atoms with Crippen molar-refractivity contribution in [1.82, 2.24) is 14.9 Å². The van der Waals surface area contributed by atoms with Crippen molar-refractivity contribution >= 4 is 17.6 Å². The van der Waals surface area contributed by atoms with Gasteiger partial charge in [-0.05, 0) is 31.2 Å². The van der Waals surface area contributed by atoms with Crippen molar-refractivity contribution in [2.24, 2.45) is 17.8 Å². The molecule has 0 aromatic carbocycles. The first-order chi connectivity index (χ1) is 9.94. The number of hydrogen-bond donors (Lipinski definition) is 2. The molecule has 0 spiro atoms. The van der Waals surface area contributed by atoms with Crippen LogP contribution >= 0.6 is 0 Å². The molecule has 3 rings (SSSR count). The fourth-order valence-electron chi connectivity index (χ4n) is 3.77. The Morgan fingerprint density at radius 3 is 2.29 bits per heavy atom. The Balaban J connectivity index is 1.88. The zero-order valence-corrected chi connectivity index (χ0v) is 13.2. The number of fused-ring (bicyclic) bond motifs is 1. The van der Waals surface area contributed by atoms with Gasteiger partial charge in [0, 0.05) is 31.7 Å². The van der Waals surface area contributed by atoms with Gasteiger partial charge < -0.3 is 21.3 Å². The Kier molecular flexibility index (Phi) is 3.65. The van der Waals surface area contributed by atoms with Crippen LogP contribution in [0.25, 0.3) is 0 Å². The zero-order valence-electron chi connectivity index (χ0n) is 13.2. The predicted octanol–water partition coefficient (Wildman–Crippen LogP) is 0.837. The van der Waals surface area contributed by atoms with Crippen LogP contribution in [0.15, 0.2) is 0 Å². The summed E-state index contributed by atoms with van der Waals surface area (Å²) < 4.78 is 0. The first-order valence-electron chi connectivity index (χ1n) is 7.79. The van der Waals surface area contributed by atoms with Crippen LogP contribution < -0.4 is 16.4 Å². The summed E-state index contributed by atoms with van der Waals surface area (Å²) in [6.07, 6.45) is 0.896. The first kappa shape index (κ1) is 14.4. The molecular formula is C15H26N6. The van der Waals surface area contributed by atoms with E-state index in [-0.39, 0.29) is 5.95 Å². The molecule has 0 radical (unpaired) electrons. The highest BCUT2D eigenvalue weighted by atomic mass is 15.3. The highest BCUT2D eigenvalue weighted by molar-refractivity contribution is 5.60. The number of hydrogen-bond acceptors (Lipinski definition) is 6. The van der Waals surface area contributed by atoms with Crippen LogP contribution in [0, 0.1) is 17.8 Å². The molecule has 6 nitrogen and oxygen atoms in total. The molecule has 0 saturated carbocycles. The molecule has 2 aliphatic heterocycles. The standard InChI is InChI=1S/C15H26N6/c1-9(2)4-12-13(16)18-15(17)19-14(12)21-7-10-5-20(3)6-11(10)8-21/h9-11H,4-8H2,1-3H3,(H4,16,17,18,19). The van der Waals surface area contributed by atoms with Gasteiger partial charge in [-0.2, -0.15) is 9.97 Å². The fourth-order valence-corrected chi connectivity index (χ4v) is 3.77. The minimum Gasteiger partial charge on any atom is -0.383 e. The Hall–Kier alpha value is -1.56. The summed E-state index contributed by atoms with van der Waals surface area (Å²) in [7, 11) is 2.20. The largest absolute Gasteiger partial charge is 0.383 e. The summed E-state index contributed by atoms with van der Waals surface area (Å²) in [4.78, 5) is 13.5. The van der Waals surface area contributed by atoms with E-state index in [1.165, 1.54) is 13.1 Å². The Bertz CT molecular complexity index is 515. The molecule has 2 aliphatic rings. The van der Waals surface area contributed by atoms with Crippen LogP contribution in [0.2, 0.25) is 0 Å². The lowest BCUT2D eigenvalue weighted by Crippen LogP contribution is -2.29. The molecule has 21 heavy (non-hydrogen) atoms. The van der Waals surface area contributed by atoms with Crippen LogP contribution in [0.3, 0.4) is 0 Å². The van der Waals surface area contributed by atoms with Gasteiger partial charge in [0.05, 0.1) is 0 Å². The quantitative estimate of drug-likeness (QED) is 0.858. The second kappa shape index (κ2) is 5.33. The number of likely N-dealkylation sites (tertiary alicyclic amines) is 1. The average molecular weight is 290 g/mol. The van der Waals surface area contributed by atoms with E-state index in [1.54, 1.807) is 0 Å². The lowest BCUT2D eigenvalue weighted by Gasteiger charge is -2.24. The predicted molar refractivity (Wildman–Crippen MR) is 86.1 cm³/mol. The molecule has 4 N–H and O–H groups in total. The highest BCUT2D eigenvalue weighted by Crippen LogP contribution is 2.35. The molecular weight excluding hydrogens is 264 g/mol. The SMILES string of the molecule is CC(C)Cc1c(N)nc(N)nc1N1CC2CN(C)CC2C1. The van der Waals surface area contributed by atoms with E-state index >= 15 is 0 Å². The maximum absolute atomic E-state index is 6.11. The summed E-state index contributed by atoms with van der Waals surface area (Å²) in [5.41, 5.74) is 13.0. The van der Waals surface area contributed by atoms with Crippen molar-refractivity contribution in [3.05, 3.63) is 5.56 Å². The van der Waals surface area contributed by atoms with Crippen LogP contribution in [0.1, 0.15) is 19.4 Å². The number of nitrogens with two attached hydrogens (primary N) is 2. The van der Waals surface area contributed by atoms with Gasteiger partial charge in [0.15, 0.2) is 0 Å². The fraction of sp³-hybridized carbons (Fsp3) is 0.733. The molecule has 2 fully saturated rings. The van der Waals surface area contributed by atoms with Crippen molar-refractivity contribution in [3.8, 4) is 0 Å². The van der Waals surface area contributed by atoms with Gasteiger partial charge in [0.25, 0.3) is 0 Å². The van der Waals surface area contributed by atoms with Crippen molar-refractivity contribution in [2.75, 3.05) is 49.6 Å². The molecule has 0 aliphatic carbocycles. The van der Waals surface area contributed by atoms with Gasteiger partial charge in [-0.25, -0.2) is 0 Å². The Labute approximate surface area is 126 Å². The number of aromatic nitrogens is 2. The van der Waals surface area contributed by atoms with Crippen LogP contribution in [0.5, 0.6) is 0 Å². The van der Waals surface area contributed by atoms with Gasteiger partial charge in [-0.3, -0.25) is 0 Å². The summed E-state index contributed by atoms with van der Waals surface area (Å²) in [6.45, 7) is 8.83. The number of anilines is 3. The molecule has 2 unspecified atom stereocenters. The molecule has 2 saturated heterocycles. The zero-order chi connectivity index (χ0) is 15.1. The average Bonchev–Trinajstić information content (AvgIpc) is 2.88. The van der Waals surface area contributed by atoms with E-state index in [1.807, 2.05) is 0 Å². The van der Waals surface area contributed by atoms with E-state index in [9.17, 15) is 0 Å². The molecule has 6 heteroatoms. The normalized spacial score (nSPS) is 25.8. The van der Waals surface area contributed by atoms with Gasteiger partial charge in [-0.15, -0.1) is 0 Å². The molecule has 0 bridgehead atoms. The van der Waals surface area contributed by atoms with E-state index in [0.717, 1.165) is 42.7 Å². The van der Waals surface area contributed by atoms with Gasteiger partial charge >= 0.3 is 0 Å². The lowest BCUT2D eigenvalue weighted by atomic mass is 10.0. The minimum absolute atomic E-state index is 0.282. The maximum Gasteiger partial charge on any atom is 0.223 e. The van der Waals surface area contributed by atoms with Crippen LogP contribution in [-0.4, -0.2) is 48.1 Å². The van der Waals surface area contributed by atoms with Gasteiger partial charge in [0.2, 0.25) is 5.95 Å².